The summed E-state index contributed by atoms with van der Waals surface area (Å²) in [4.78, 5) is 0. The van der Waals surface area contributed by atoms with Crippen molar-refractivity contribution >= 4 is 22.3 Å². The molecule has 0 unspecified atom stereocenters. The van der Waals surface area contributed by atoms with Crippen molar-refractivity contribution in [1.82, 2.24) is 4.57 Å². The van der Waals surface area contributed by atoms with Gasteiger partial charge in [0.1, 0.15) is 0 Å². The van der Waals surface area contributed by atoms with Crippen molar-refractivity contribution < 1.29 is 0 Å². The summed E-state index contributed by atoms with van der Waals surface area (Å²) in [7, 11) is 0. The highest BCUT2D eigenvalue weighted by molar-refractivity contribution is 5.94. The average molecular weight is 374 g/mol. The van der Waals surface area contributed by atoms with Crippen molar-refractivity contribution in [1.29, 1.82) is 0 Å². The summed E-state index contributed by atoms with van der Waals surface area (Å²) in [6.07, 6.45) is 2.17. The summed E-state index contributed by atoms with van der Waals surface area (Å²) >= 11 is 0. The number of aromatic nitrogens is 1. The molecule has 0 atom stereocenters. The number of nitrogens with zero attached hydrogens (tertiary/aromatic N) is 1. The molecule has 1 heterocycles. The summed E-state index contributed by atoms with van der Waals surface area (Å²) in [5.74, 6) is 0. The Morgan fingerprint density at radius 2 is 1.28 bits per heavy atom. The van der Waals surface area contributed by atoms with E-state index in [1.165, 1.54) is 27.6 Å². The number of fused-ring (bicyclic) bond motifs is 1. The van der Waals surface area contributed by atoms with Gasteiger partial charge < -0.3 is 9.88 Å². The molecule has 4 aromatic carbocycles. The number of nitrogens with one attached hydrogen (secondary N) is 1. The van der Waals surface area contributed by atoms with Crippen LogP contribution in [0.1, 0.15) is 5.56 Å². The molecule has 0 aliphatic carbocycles. The fourth-order valence-corrected chi connectivity index (χ4v) is 3.78. The Bertz CT molecular complexity index is 1220. The van der Waals surface area contributed by atoms with Gasteiger partial charge in [0, 0.05) is 29.5 Å². The van der Waals surface area contributed by atoms with Gasteiger partial charge in [-0.3, -0.25) is 0 Å². The molecule has 0 saturated heterocycles. The zero-order valence-electron chi connectivity index (χ0n) is 16.1. The molecule has 0 radical (unpaired) electrons. The zero-order valence-corrected chi connectivity index (χ0v) is 16.1. The van der Waals surface area contributed by atoms with Crippen molar-refractivity contribution in [3.05, 3.63) is 121 Å². The van der Waals surface area contributed by atoms with Gasteiger partial charge >= 0.3 is 0 Å². The van der Waals surface area contributed by atoms with E-state index < -0.39 is 0 Å². The van der Waals surface area contributed by atoms with Crippen LogP contribution < -0.4 is 5.32 Å². The highest BCUT2D eigenvalue weighted by Crippen LogP contribution is 2.29. The maximum absolute atomic E-state index is 3.59. The molecular formula is C27H22N2. The van der Waals surface area contributed by atoms with Gasteiger partial charge in [0.15, 0.2) is 0 Å². The predicted molar refractivity (Wildman–Crippen MR) is 123 cm³/mol. The van der Waals surface area contributed by atoms with Crippen LogP contribution >= 0.6 is 0 Å². The molecule has 5 rings (SSSR count). The minimum Gasteiger partial charge on any atom is -0.355 e. The van der Waals surface area contributed by atoms with Gasteiger partial charge in [-0.05, 0) is 47.0 Å². The van der Waals surface area contributed by atoms with Crippen LogP contribution in [0.2, 0.25) is 0 Å². The molecule has 2 nitrogen and oxygen atoms in total. The van der Waals surface area contributed by atoms with Gasteiger partial charge in [0.25, 0.3) is 0 Å². The van der Waals surface area contributed by atoms with E-state index >= 15 is 0 Å². The lowest BCUT2D eigenvalue weighted by Gasteiger charge is -2.11. The van der Waals surface area contributed by atoms with E-state index in [-0.39, 0.29) is 0 Å². The normalized spacial score (nSPS) is 10.9. The van der Waals surface area contributed by atoms with Gasteiger partial charge in [0.2, 0.25) is 0 Å². The van der Waals surface area contributed by atoms with Crippen molar-refractivity contribution in [3.63, 3.8) is 0 Å². The molecule has 1 N–H and O–H groups in total. The highest BCUT2D eigenvalue weighted by atomic mass is 15.0. The van der Waals surface area contributed by atoms with Gasteiger partial charge in [-0.2, -0.15) is 0 Å². The summed E-state index contributed by atoms with van der Waals surface area (Å²) in [6.45, 7) is 0.875. The number of rotatable bonds is 5. The van der Waals surface area contributed by atoms with Crippen molar-refractivity contribution in [2.75, 3.05) is 5.32 Å². The molecule has 29 heavy (non-hydrogen) atoms. The maximum atomic E-state index is 3.59. The van der Waals surface area contributed by atoms with Gasteiger partial charge in [-0.25, -0.2) is 0 Å². The molecule has 0 aliphatic heterocycles. The molecule has 5 aromatic rings. The smallest absolute Gasteiger partial charge is 0.0504 e. The van der Waals surface area contributed by atoms with Crippen LogP contribution in [0.5, 0.6) is 0 Å². The Labute approximate surface area is 171 Å². The topological polar surface area (TPSA) is 17.0 Å². The zero-order chi connectivity index (χ0) is 19.5. The van der Waals surface area contributed by atoms with E-state index in [0.717, 1.165) is 17.9 Å². The van der Waals surface area contributed by atoms with Crippen LogP contribution in [0.25, 0.3) is 22.0 Å². The standard InChI is InChI=1S/C27H22N2/c1-3-8-21(9-4-1)20-29-19-18-25-26(12-7-13-27(25)29)28-24-16-14-23(15-17-24)22-10-5-2-6-11-22/h1-19,28H,20H2. The van der Waals surface area contributed by atoms with E-state index in [1.54, 1.807) is 0 Å². The van der Waals surface area contributed by atoms with Crippen LogP contribution in [0.15, 0.2) is 115 Å². The summed E-state index contributed by atoms with van der Waals surface area (Å²) in [6, 6.07) is 38.3. The summed E-state index contributed by atoms with van der Waals surface area (Å²) in [5.41, 5.74) is 7.22. The summed E-state index contributed by atoms with van der Waals surface area (Å²) in [5, 5.41) is 4.82. The first kappa shape index (κ1) is 17.3. The van der Waals surface area contributed by atoms with Crippen LogP contribution in [0.4, 0.5) is 11.4 Å². The molecule has 0 fully saturated rings. The lowest BCUT2D eigenvalue weighted by atomic mass is 10.1. The molecule has 140 valence electrons. The Morgan fingerprint density at radius 3 is 2.03 bits per heavy atom. The van der Waals surface area contributed by atoms with E-state index in [1.807, 2.05) is 6.07 Å². The fraction of sp³-hybridized carbons (Fsp3) is 0.0370. The number of benzene rings is 4. The van der Waals surface area contributed by atoms with Crippen LogP contribution in [0.3, 0.4) is 0 Å². The van der Waals surface area contributed by atoms with E-state index in [2.05, 4.69) is 119 Å². The quantitative estimate of drug-likeness (QED) is 0.347. The number of hydrogen-bond acceptors (Lipinski definition) is 1. The number of hydrogen-bond donors (Lipinski definition) is 1. The van der Waals surface area contributed by atoms with E-state index in [9.17, 15) is 0 Å². The maximum Gasteiger partial charge on any atom is 0.0504 e. The molecule has 0 bridgehead atoms. The second-order valence-electron chi connectivity index (χ2n) is 7.24. The third kappa shape index (κ3) is 3.65. The first-order valence-corrected chi connectivity index (χ1v) is 9.91. The van der Waals surface area contributed by atoms with Crippen LogP contribution in [0, 0.1) is 0 Å². The first-order valence-electron chi connectivity index (χ1n) is 9.91. The van der Waals surface area contributed by atoms with Gasteiger partial charge in [0.05, 0.1) is 5.52 Å². The van der Waals surface area contributed by atoms with Gasteiger partial charge in [-0.15, -0.1) is 0 Å². The molecular weight excluding hydrogens is 352 g/mol. The molecule has 0 aliphatic rings. The monoisotopic (exact) mass is 374 g/mol. The van der Waals surface area contributed by atoms with Gasteiger partial charge in [-0.1, -0.05) is 78.9 Å². The third-order valence-electron chi connectivity index (χ3n) is 5.28. The Kier molecular flexibility index (Phi) is 4.59. The van der Waals surface area contributed by atoms with Crippen molar-refractivity contribution in [3.8, 4) is 11.1 Å². The lowest BCUT2D eigenvalue weighted by Crippen LogP contribution is -1.97. The SMILES string of the molecule is c1ccc(Cn2ccc3c(Nc4ccc(-c5ccccc5)cc4)cccc32)cc1. The Hall–Kier alpha value is -3.78. The van der Waals surface area contributed by atoms with Crippen molar-refractivity contribution in [2.24, 2.45) is 0 Å². The minimum absolute atomic E-state index is 0.875. The lowest BCUT2D eigenvalue weighted by molar-refractivity contribution is 0.837. The van der Waals surface area contributed by atoms with Crippen molar-refractivity contribution in [2.45, 2.75) is 6.54 Å². The minimum atomic E-state index is 0.875. The summed E-state index contributed by atoms with van der Waals surface area (Å²) < 4.78 is 2.30. The van der Waals surface area contributed by atoms with Crippen LogP contribution in [-0.2, 0) is 6.54 Å². The van der Waals surface area contributed by atoms with Crippen LogP contribution in [-0.4, -0.2) is 4.57 Å². The predicted octanol–water partition coefficient (Wildman–Crippen LogP) is 7.10. The highest BCUT2D eigenvalue weighted by Gasteiger charge is 2.07. The molecule has 0 spiro atoms. The Morgan fingerprint density at radius 1 is 0.586 bits per heavy atom. The fourth-order valence-electron chi connectivity index (χ4n) is 3.78. The second-order valence-corrected chi connectivity index (χ2v) is 7.24. The second kappa shape index (κ2) is 7.69. The molecule has 1 aromatic heterocycles. The van der Waals surface area contributed by atoms with E-state index in [0.29, 0.717) is 0 Å². The van der Waals surface area contributed by atoms with E-state index in [4.69, 9.17) is 0 Å². The molecule has 0 saturated carbocycles. The third-order valence-corrected chi connectivity index (χ3v) is 5.28. The Balaban J connectivity index is 1.41. The largest absolute Gasteiger partial charge is 0.355 e. The average Bonchev–Trinajstić information content (AvgIpc) is 3.19. The first-order chi connectivity index (χ1) is 14.4. The molecule has 2 heteroatoms. The molecule has 0 amide bonds. The number of anilines is 2.